The van der Waals surface area contributed by atoms with Gasteiger partial charge in [0.2, 0.25) is 0 Å². The summed E-state index contributed by atoms with van der Waals surface area (Å²) >= 11 is 0. The Kier molecular flexibility index (Phi) is 5.88. The summed E-state index contributed by atoms with van der Waals surface area (Å²) in [4.78, 5) is 27.9. The topological polar surface area (TPSA) is 77.3 Å². The molecular formula is C20H26N4O3. The fourth-order valence-corrected chi connectivity index (χ4v) is 3.31. The first-order valence-electron chi connectivity index (χ1n) is 9.42. The Morgan fingerprint density at radius 3 is 2.41 bits per heavy atom. The van der Waals surface area contributed by atoms with Gasteiger partial charge in [-0.15, -0.1) is 5.10 Å². The maximum Gasteiger partial charge on any atom is 0.361 e. The van der Waals surface area contributed by atoms with Crippen molar-refractivity contribution in [3.05, 3.63) is 40.7 Å². The Bertz CT molecular complexity index is 836. The van der Waals surface area contributed by atoms with Gasteiger partial charge < -0.3 is 9.64 Å². The predicted molar refractivity (Wildman–Crippen MR) is 101 cm³/mol. The number of ether oxygens (including phenoxy) is 1. The van der Waals surface area contributed by atoms with E-state index in [0.29, 0.717) is 5.69 Å². The van der Waals surface area contributed by atoms with E-state index in [1.807, 2.05) is 32.0 Å². The normalized spacial score (nSPS) is 14.7. The molecule has 0 unspecified atom stereocenters. The zero-order valence-corrected chi connectivity index (χ0v) is 16.2. The molecule has 0 atom stereocenters. The minimum Gasteiger partial charge on any atom is -0.451 e. The summed E-state index contributed by atoms with van der Waals surface area (Å²) < 4.78 is 5.22. The Morgan fingerprint density at radius 2 is 1.74 bits per heavy atom. The standard InChI is InChI=1S/C20H26N4O3/c1-14-8-9-17(15(2)12-14)24-21-16(3)19(22-24)20(26)27-13-18(25)23-10-6-4-5-7-11-23/h8-9,12H,4-7,10-11,13H2,1-3H3. The molecular weight excluding hydrogens is 344 g/mol. The highest BCUT2D eigenvalue weighted by atomic mass is 16.5. The first-order valence-corrected chi connectivity index (χ1v) is 9.42. The van der Waals surface area contributed by atoms with Crippen LogP contribution in [0.1, 0.15) is 53.0 Å². The molecule has 0 N–H and O–H groups in total. The molecule has 1 aliphatic rings. The Morgan fingerprint density at radius 1 is 1.04 bits per heavy atom. The first kappa shape index (κ1) is 19.1. The van der Waals surface area contributed by atoms with Gasteiger partial charge in [-0.2, -0.15) is 9.90 Å². The van der Waals surface area contributed by atoms with Crippen LogP contribution in [-0.4, -0.2) is 51.5 Å². The van der Waals surface area contributed by atoms with Crippen molar-refractivity contribution in [3.63, 3.8) is 0 Å². The van der Waals surface area contributed by atoms with Gasteiger partial charge >= 0.3 is 5.97 Å². The molecule has 1 saturated heterocycles. The maximum atomic E-state index is 12.4. The molecule has 1 aromatic heterocycles. The van der Waals surface area contributed by atoms with Crippen LogP contribution in [0.3, 0.4) is 0 Å². The van der Waals surface area contributed by atoms with E-state index in [2.05, 4.69) is 10.2 Å². The number of esters is 1. The second-order valence-electron chi connectivity index (χ2n) is 7.08. The number of benzene rings is 1. The van der Waals surface area contributed by atoms with Crippen molar-refractivity contribution in [3.8, 4) is 5.69 Å². The van der Waals surface area contributed by atoms with Crippen molar-refractivity contribution in [2.75, 3.05) is 19.7 Å². The van der Waals surface area contributed by atoms with Crippen molar-refractivity contribution in [1.82, 2.24) is 19.9 Å². The van der Waals surface area contributed by atoms with Gasteiger partial charge in [-0.05, 0) is 45.2 Å². The largest absolute Gasteiger partial charge is 0.451 e. The number of aromatic nitrogens is 3. The highest BCUT2D eigenvalue weighted by Gasteiger charge is 2.22. The summed E-state index contributed by atoms with van der Waals surface area (Å²) in [7, 11) is 0. The Balaban J connectivity index is 1.66. The molecule has 144 valence electrons. The van der Waals surface area contributed by atoms with Crippen LogP contribution < -0.4 is 0 Å². The van der Waals surface area contributed by atoms with Crippen molar-refractivity contribution < 1.29 is 14.3 Å². The van der Waals surface area contributed by atoms with E-state index in [1.54, 1.807) is 11.8 Å². The lowest BCUT2D eigenvalue weighted by Gasteiger charge is -2.19. The Hall–Kier alpha value is -2.70. The lowest BCUT2D eigenvalue weighted by atomic mass is 10.1. The smallest absolute Gasteiger partial charge is 0.361 e. The predicted octanol–water partition coefficient (Wildman–Crippen LogP) is 2.75. The number of rotatable bonds is 4. The van der Waals surface area contributed by atoms with E-state index in [-0.39, 0.29) is 18.2 Å². The summed E-state index contributed by atoms with van der Waals surface area (Å²) in [6.07, 6.45) is 4.29. The molecule has 2 heterocycles. The highest BCUT2D eigenvalue weighted by Crippen LogP contribution is 2.16. The summed E-state index contributed by atoms with van der Waals surface area (Å²) in [6, 6.07) is 5.92. The Labute approximate surface area is 159 Å². The van der Waals surface area contributed by atoms with Gasteiger partial charge in [0, 0.05) is 13.1 Å². The third-order valence-corrected chi connectivity index (χ3v) is 4.83. The number of aryl methyl sites for hydroxylation is 3. The molecule has 0 radical (unpaired) electrons. The number of amides is 1. The highest BCUT2D eigenvalue weighted by molar-refractivity contribution is 5.90. The van der Waals surface area contributed by atoms with Gasteiger partial charge in [-0.3, -0.25) is 4.79 Å². The van der Waals surface area contributed by atoms with Gasteiger partial charge in [0.25, 0.3) is 5.91 Å². The molecule has 2 aromatic rings. The second kappa shape index (κ2) is 8.33. The average Bonchev–Trinajstić information content (AvgIpc) is 2.84. The van der Waals surface area contributed by atoms with Crippen LogP contribution >= 0.6 is 0 Å². The van der Waals surface area contributed by atoms with E-state index < -0.39 is 5.97 Å². The maximum absolute atomic E-state index is 12.4. The monoisotopic (exact) mass is 370 g/mol. The van der Waals surface area contributed by atoms with E-state index in [0.717, 1.165) is 55.6 Å². The van der Waals surface area contributed by atoms with Crippen molar-refractivity contribution in [2.45, 2.75) is 46.5 Å². The van der Waals surface area contributed by atoms with Crippen molar-refractivity contribution in [1.29, 1.82) is 0 Å². The number of likely N-dealkylation sites (tertiary alicyclic amines) is 1. The second-order valence-corrected chi connectivity index (χ2v) is 7.08. The summed E-state index contributed by atoms with van der Waals surface area (Å²) in [5.41, 5.74) is 3.58. The van der Waals surface area contributed by atoms with E-state index >= 15 is 0 Å². The van der Waals surface area contributed by atoms with Crippen LogP contribution in [-0.2, 0) is 9.53 Å². The SMILES string of the molecule is Cc1ccc(-n2nc(C)c(C(=O)OCC(=O)N3CCCCCC3)n2)c(C)c1. The molecule has 1 fully saturated rings. The fraction of sp³-hybridized carbons (Fsp3) is 0.500. The number of carbonyl (C=O) groups is 2. The number of carbonyl (C=O) groups excluding carboxylic acids is 2. The molecule has 1 amide bonds. The van der Waals surface area contributed by atoms with Gasteiger partial charge in [-0.1, -0.05) is 30.5 Å². The van der Waals surface area contributed by atoms with Crippen LogP contribution in [0.2, 0.25) is 0 Å². The molecule has 3 rings (SSSR count). The molecule has 27 heavy (non-hydrogen) atoms. The molecule has 0 saturated carbocycles. The van der Waals surface area contributed by atoms with Crippen LogP contribution in [0, 0.1) is 20.8 Å². The first-order chi connectivity index (χ1) is 13.0. The molecule has 0 aliphatic carbocycles. The summed E-state index contributed by atoms with van der Waals surface area (Å²) in [5.74, 6) is -0.767. The molecule has 7 nitrogen and oxygen atoms in total. The zero-order valence-electron chi connectivity index (χ0n) is 16.2. The van der Waals surface area contributed by atoms with Crippen LogP contribution in [0.4, 0.5) is 0 Å². The van der Waals surface area contributed by atoms with Gasteiger partial charge in [-0.25, -0.2) is 4.79 Å². The summed E-state index contributed by atoms with van der Waals surface area (Å²) in [6.45, 7) is 6.91. The van der Waals surface area contributed by atoms with E-state index in [1.165, 1.54) is 4.80 Å². The molecule has 7 heteroatoms. The molecule has 0 spiro atoms. The lowest BCUT2D eigenvalue weighted by molar-refractivity contribution is -0.134. The quantitative estimate of drug-likeness (QED) is 0.774. The fourth-order valence-electron chi connectivity index (χ4n) is 3.31. The van der Waals surface area contributed by atoms with Crippen LogP contribution in [0.25, 0.3) is 5.69 Å². The number of hydrogen-bond acceptors (Lipinski definition) is 5. The molecule has 1 aromatic carbocycles. The van der Waals surface area contributed by atoms with Gasteiger partial charge in [0.15, 0.2) is 12.3 Å². The van der Waals surface area contributed by atoms with Gasteiger partial charge in [0.05, 0.1) is 11.4 Å². The van der Waals surface area contributed by atoms with E-state index in [4.69, 9.17) is 4.74 Å². The number of hydrogen-bond donors (Lipinski definition) is 0. The van der Waals surface area contributed by atoms with Crippen LogP contribution in [0.5, 0.6) is 0 Å². The third kappa shape index (κ3) is 4.53. The number of nitrogens with zero attached hydrogens (tertiary/aromatic N) is 4. The minimum absolute atomic E-state index is 0.138. The zero-order chi connectivity index (χ0) is 19.4. The van der Waals surface area contributed by atoms with Crippen molar-refractivity contribution in [2.24, 2.45) is 0 Å². The molecule has 1 aliphatic heterocycles. The average molecular weight is 370 g/mol. The van der Waals surface area contributed by atoms with Gasteiger partial charge in [0.1, 0.15) is 0 Å². The molecule has 0 bridgehead atoms. The lowest BCUT2D eigenvalue weighted by Crippen LogP contribution is -2.35. The summed E-state index contributed by atoms with van der Waals surface area (Å²) in [5, 5.41) is 8.61. The van der Waals surface area contributed by atoms with Crippen molar-refractivity contribution >= 4 is 11.9 Å². The third-order valence-electron chi connectivity index (χ3n) is 4.83. The van der Waals surface area contributed by atoms with Crippen LogP contribution in [0.15, 0.2) is 18.2 Å². The minimum atomic E-state index is -0.619. The van der Waals surface area contributed by atoms with E-state index in [9.17, 15) is 9.59 Å².